The molecule has 0 radical (unpaired) electrons. The molecular formula is C21H19N7O2. The number of aromatic nitrogens is 5. The van der Waals surface area contributed by atoms with E-state index in [2.05, 4.69) is 20.3 Å². The van der Waals surface area contributed by atoms with Gasteiger partial charge in [0.15, 0.2) is 11.5 Å². The Labute approximate surface area is 171 Å². The van der Waals surface area contributed by atoms with Gasteiger partial charge in [-0.2, -0.15) is 5.26 Å². The maximum absolute atomic E-state index is 13.0. The number of fused-ring (bicyclic) bond motifs is 2. The van der Waals surface area contributed by atoms with Gasteiger partial charge in [-0.3, -0.25) is 4.79 Å². The number of aryl methyl sites for hydroxylation is 1. The van der Waals surface area contributed by atoms with Crippen LogP contribution in [0.5, 0.6) is 5.75 Å². The van der Waals surface area contributed by atoms with Gasteiger partial charge in [-0.1, -0.05) is 0 Å². The number of imidazole rings is 1. The largest absolute Gasteiger partial charge is 0.506 e. The van der Waals surface area contributed by atoms with Crippen LogP contribution in [0.3, 0.4) is 0 Å². The number of pyridine rings is 2. The molecule has 1 aliphatic rings. The normalized spacial score (nSPS) is 14.9. The summed E-state index contributed by atoms with van der Waals surface area (Å²) in [6.45, 7) is 3.59. The summed E-state index contributed by atoms with van der Waals surface area (Å²) in [4.78, 5) is 26.1. The molecule has 0 saturated carbocycles. The molecular weight excluding hydrogens is 382 g/mol. The molecule has 150 valence electrons. The van der Waals surface area contributed by atoms with E-state index in [1.54, 1.807) is 33.6 Å². The van der Waals surface area contributed by atoms with Crippen LogP contribution in [-0.2, 0) is 0 Å². The molecule has 5 heterocycles. The number of rotatable bonds is 2. The van der Waals surface area contributed by atoms with E-state index in [0.29, 0.717) is 22.1 Å². The fourth-order valence-electron chi connectivity index (χ4n) is 4.05. The quantitative estimate of drug-likeness (QED) is 0.526. The van der Waals surface area contributed by atoms with Crippen molar-refractivity contribution in [3.05, 3.63) is 52.5 Å². The Hall–Kier alpha value is -3.77. The molecule has 0 unspecified atom stereocenters. The van der Waals surface area contributed by atoms with Gasteiger partial charge in [0.25, 0.3) is 5.56 Å². The van der Waals surface area contributed by atoms with Gasteiger partial charge in [-0.05, 0) is 38.9 Å². The van der Waals surface area contributed by atoms with Crippen LogP contribution in [0.4, 0.5) is 0 Å². The first kappa shape index (κ1) is 18.3. The Kier molecular flexibility index (Phi) is 4.22. The van der Waals surface area contributed by atoms with Crippen LogP contribution < -0.4 is 10.9 Å². The fraction of sp³-hybridized carbons (Fsp3) is 0.286. The fourth-order valence-corrected chi connectivity index (χ4v) is 4.05. The third-order valence-corrected chi connectivity index (χ3v) is 5.57. The first-order valence-electron chi connectivity index (χ1n) is 9.77. The minimum Gasteiger partial charge on any atom is -0.506 e. The van der Waals surface area contributed by atoms with Gasteiger partial charge in [0.2, 0.25) is 0 Å². The molecule has 9 heteroatoms. The molecule has 0 aromatic carbocycles. The SMILES string of the molecule is Cc1cn2cc(-c3ncc4c(=O)n(C5CCNCC5)ccc4n3)c(O)c(C#N)c2n1. The summed E-state index contributed by atoms with van der Waals surface area (Å²) in [6, 6.07) is 3.97. The number of aromatic hydroxyl groups is 1. The molecule has 0 atom stereocenters. The predicted octanol–water partition coefficient (Wildman–Crippen LogP) is 1.92. The Morgan fingerprint density at radius 1 is 1.27 bits per heavy atom. The lowest BCUT2D eigenvalue weighted by Crippen LogP contribution is -2.34. The number of hydrogen-bond acceptors (Lipinski definition) is 7. The Morgan fingerprint density at radius 2 is 2.07 bits per heavy atom. The van der Waals surface area contributed by atoms with Gasteiger partial charge >= 0.3 is 0 Å². The first-order chi connectivity index (χ1) is 14.6. The second kappa shape index (κ2) is 6.93. The van der Waals surface area contributed by atoms with Gasteiger partial charge < -0.3 is 19.4 Å². The van der Waals surface area contributed by atoms with Gasteiger partial charge in [0, 0.05) is 30.8 Å². The maximum atomic E-state index is 13.0. The van der Waals surface area contributed by atoms with Crippen molar-refractivity contribution in [2.75, 3.05) is 13.1 Å². The zero-order chi connectivity index (χ0) is 20.8. The van der Waals surface area contributed by atoms with Crippen molar-refractivity contribution in [2.24, 2.45) is 0 Å². The molecule has 1 aliphatic heterocycles. The third kappa shape index (κ3) is 2.81. The Morgan fingerprint density at radius 3 is 2.83 bits per heavy atom. The molecule has 5 rings (SSSR count). The third-order valence-electron chi connectivity index (χ3n) is 5.57. The van der Waals surface area contributed by atoms with Crippen LogP contribution in [0.2, 0.25) is 0 Å². The van der Waals surface area contributed by atoms with Crippen molar-refractivity contribution in [1.82, 2.24) is 29.2 Å². The van der Waals surface area contributed by atoms with Crippen molar-refractivity contribution in [2.45, 2.75) is 25.8 Å². The molecule has 30 heavy (non-hydrogen) atoms. The zero-order valence-electron chi connectivity index (χ0n) is 16.3. The lowest BCUT2D eigenvalue weighted by Gasteiger charge is -2.24. The minimum absolute atomic E-state index is 0.0608. The van der Waals surface area contributed by atoms with E-state index in [-0.39, 0.29) is 28.7 Å². The van der Waals surface area contributed by atoms with Crippen LogP contribution in [0.25, 0.3) is 27.9 Å². The van der Waals surface area contributed by atoms with E-state index < -0.39 is 0 Å². The maximum Gasteiger partial charge on any atom is 0.261 e. The average molecular weight is 401 g/mol. The van der Waals surface area contributed by atoms with Crippen molar-refractivity contribution in [3.63, 3.8) is 0 Å². The Balaban J connectivity index is 1.65. The second-order valence-electron chi connectivity index (χ2n) is 7.49. The van der Waals surface area contributed by atoms with E-state index in [1.165, 1.54) is 6.20 Å². The topological polar surface area (TPSA) is 121 Å². The summed E-state index contributed by atoms with van der Waals surface area (Å²) in [7, 11) is 0. The summed E-state index contributed by atoms with van der Waals surface area (Å²) < 4.78 is 3.43. The number of nitriles is 1. The van der Waals surface area contributed by atoms with Gasteiger partial charge in [0.1, 0.15) is 17.4 Å². The van der Waals surface area contributed by atoms with Crippen LogP contribution >= 0.6 is 0 Å². The van der Waals surface area contributed by atoms with E-state index in [1.807, 2.05) is 13.0 Å². The van der Waals surface area contributed by atoms with Crippen LogP contribution in [0.1, 0.15) is 30.1 Å². The highest BCUT2D eigenvalue weighted by molar-refractivity contribution is 5.81. The van der Waals surface area contributed by atoms with Gasteiger partial charge in [-0.25, -0.2) is 15.0 Å². The molecule has 1 fully saturated rings. The summed E-state index contributed by atoms with van der Waals surface area (Å²) in [6.07, 6.45) is 8.48. The zero-order valence-corrected chi connectivity index (χ0v) is 16.3. The molecule has 0 spiro atoms. The van der Waals surface area contributed by atoms with Gasteiger partial charge in [0.05, 0.1) is 22.2 Å². The van der Waals surface area contributed by atoms with Crippen molar-refractivity contribution in [3.8, 4) is 23.2 Å². The first-order valence-corrected chi connectivity index (χ1v) is 9.77. The minimum atomic E-state index is -0.224. The monoisotopic (exact) mass is 401 g/mol. The Bertz CT molecular complexity index is 1390. The molecule has 9 nitrogen and oxygen atoms in total. The number of hydrogen-bond donors (Lipinski definition) is 2. The van der Waals surface area contributed by atoms with E-state index in [0.717, 1.165) is 31.6 Å². The summed E-state index contributed by atoms with van der Waals surface area (Å²) in [5.74, 6) is 0.0155. The van der Waals surface area contributed by atoms with E-state index >= 15 is 0 Å². The van der Waals surface area contributed by atoms with Crippen LogP contribution in [0, 0.1) is 18.3 Å². The lowest BCUT2D eigenvalue weighted by atomic mass is 10.1. The number of piperidine rings is 1. The van der Waals surface area contributed by atoms with Crippen LogP contribution in [-0.4, -0.2) is 42.1 Å². The summed E-state index contributed by atoms with van der Waals surface area (Å²) in [5, 5.41) is 23.9. The highest BCUT2D eigenvalue weighted by Gasteiger charge is 2.20. The standard InChI is InChI=1S/C21H19N7O2/c1-12-10-27-11-16(18(29)14(8-22)20(27)25-12)19-24-9-15-17(26-19)4-7-28(21(15)30)13-2-5-23-6-3-13/h4,7,9-11,13,23,29H,2-3,5-6H2,1H3. The molecule has 0 amide bonds. The van der Waals surface area contributed by atoms with Crippen molar-refractivity contribution >= 4 is 16.6 Å². The number of nitrogens with zero attached hydrogens (tertiary/aromatic N) is 6. The average Bonchev–Trinajstić information content (AvgIpc) is 3.14. The predicted molar refractivity (Wildman–Crippen MR) is 110 cm³/mol. The number of nitrogens with one attached hydrogen (secondary N) is 1. The van der Waals surface area contributed by atoms with Crippen molar-refractivity contribution in [1.29, 1.82) is 5.26 Å². The molecule has 2 N–H and O–H groups in total. The van der Waals surface area contributed by atoms with Crippen LogP contribution in [0.15, 0.2) is 35.6 Å². The summed E-state index contributed by atoms with van der Waals surface area (Å²) >= 11 is 0. The summed E-state index contributed by atoms with van der Waals surface area (Å²) in [5.41, 5.74) is 1.85. The smallest absolute Gasteiger partial charge is 0.261 e. The second-order valence-corrected chi connectivity index (χ2v) is 7.49. The molecule has 4 aromatic rings. The highest BCUT2D eigenvalue weighted by Crippen LogP contribution is 2.32. The molecule has 0 bridgehead atoms. The molecule has 0 aliphatic carbocycles. The lowest BCUT2D eigenvalue weighted by molar-refractivity contribution is 0.362. The van der Waals surface area contributed by atoms with Crippen molar-refractivity contribution < 1.29 is 5.11 Å². The molecule has 1 saturated heterocycles. The van der Waals surface area contributed by atoms with E-state index in [4.69, 9.17) is 0 Å². The highest BCUT2D eigenvalue weighted by atomic mass is 16.3. The molecule has 4 aromatic heterocycles. The van der Waals surface area contributed by atoms with E-state index in [9.17, 15) is 15.2 Å². The van der Waals surface area contributed by atoms with Gasteiger partial charge in [-0.15, -0.1) is 0 Å².